The molecule has 0 bridgehead atoms. The Morgan fingerprint density at radius 1 is 1.03 bits per heavy atom. The van der Waals surface area contributed by atoms with Gasteiger partial charge in [0.05, 0.1) is 17.7 Å². The number of rotatable bonds is 7. The minimum absolute atomic E-state index is 0.166. The van der Waals surface area contributed by atoms with Crippen molar-refractivity contribution in [3.63, 3.8) is 0 Å². The SMILES string of the molecule is CC(=O)Nc1ccc(/C(C)=N\NC(=O)CN(c2cc(Cl)cc(Cl)c2)S(C)(=O)=O)cc1. The number of hydrogen-bond donors (Lipinski definition) is 2. The number of nitrogens with one attached hydrogen (secondary N) is 2. The number of anilines is 2. The monoisotopic (exact) mass is 470 g/mol. The van der Waals surface area contributed by atoms with Crippen molar-refractivity contribution in [1.82, 2.24) is 5.43 Å². The highest BCUT2D eigenvalue weighted by Crippen LogP contribution is 2.26. The van der Waals surface area contributed by atoms with Gasteiger partial charge < -0.3 is 5.32 Å². The molecule has 0 saturated heterocycles. The Labute approximate surface area is 184 Å². The lowest BCUT2D eigenvalue weighted by molar-refractivity contribution is -0.119. The smallest absolute Gasteiger partial charge is 0.260 e. The molecule has 0 spiro atoms. The van der Waals surface area contributed by atoms with Crippen molar-refractivity contribution >= 4 is 62.1 Å². The van der Waals surface area contributed by atoms with Crippen LogP contribution in [0.3, 0.4) is 0 Å². The first-order chi connectivity index (χ1) is 14.0. The lowest BCUT2D eigenvalue weighted by Gasteiger charge is -2.21. The van der Waals surface area contributed by atoms with Gasteiger partial charge >= 0.3 is 0 Å². The predicted molar refractivity (Wildman–Crippen MR) is 120 cm³/mol. The fourth-order valence-corrected chi connectivity index (χ4v) is 3.81. The van der Waals surface area contributed by atoms with Crippen LogP contribution in [0.5, 0.6) is 0 Å². The lowest BCUT2D eigenvalue weighted by Crippen LogP contribution is -2.39. The quantitative estimate of drug-likeness (QED) is 0.477. The number of carbonyl (C=O) groups excluding carboxylic acids is 2. The molecule has 0 saturated carbocycles. The number of halogens is 2. The number of hydrazone groups is 1. The molecule has 2 aromatic rings. The van der Waals surface area contributed by atoms with E-state index in [1.54, 1.807) is 31.2 Å². The van der Waals surface area contributed by atoms with E-state index in [2.05, 4.69) is 15.8 Å². The molecule has 0 aliphatic heterocycles. The Kier molecular flexibility index (Phi) is 7.83. The highest BCUT2D eigenvalue weighted by Gasteiger charge is 2.21. The number of hydrogen-bond acceptors (Lipinski definition) is 5. The van der Waals surface area contributed by atoms with Crippen molar-refractivity contribution in [2.24, 2.45) is 5.10 Å². The van der Waals surface area contributed by atoms with Gasteiger partial charge in [0.2, 0.25) is 15.9 Å². The maximum absolute atomic E-state index is 12.3. The van der Waals surface area contributed by atoms with Gasteiger partial charge in [-0.2, -0.15) is 5.10 Å². The highest BCUT2D eigenvalue weighted by atomic mass is 35.5. The van der Waals surface area contributed by atoms with Crippen LogP contribution in [0.1, 0.15) is 19.4 Å². The third-order valence-corrected chi connectivity index (χ3v) is 5.37. The van der Waals surface area contributed by atoms with Gasteiger partial charge in [0.25, 0.3) is 5.91 Å². The summed E-state index contributed by atoms with van der Waals surface area (Å²) in [6.45, 7) is 2.58. The number of benzene rings is 2. The average Bonchev–Trinajstić information content (AvgIpc) is 2.62. The first-order valence-electron chi connectivity index (χ1n) is 8.60. The Morgan fingerprint density at radius 2 is 1.60 bits per heavy atom. The van der Waals surface area contributed by atoms with Gasteiger partial charge in [0.1, 0.15) is 6.54 Å². The second-order valence-electron chi connectivity index (χ2n) is 6.39. The summed E-state index contributed by atoms with van der Waals surface area (Å²) in [5.41, 5.74) is 4.34. The Morgan fingerprint density at radius 3 is 2.10 bits per heavy atom. The molecule has 0 radical (unpaired) electrons. The normalized spacial score (nSPS) is 11.7. The molecule has 2 aromatic carbocycles. The third-order valence-electron chi connectivity index (χ3n) is 3.79. The van der Waals surface area contributed by atoms with E-state index in [1.807, 2.05) is 0 Å². The van der Waals surface area contributed by atoms with E-state index < -0.39 is 22.5 Å². The first-order valence-corrected chi connectivity index (χ1v) is 11.2. The number of nitrogens with zero attached hydrogens (tertiary/aromatic N) is 2. The van der Waals surface area contributed by atoms with Gasteiger partial charge in [0, 0.05) is 22.7 Å². The van der Waals surface area contributed by atoms with E-state index in [-0.39, 0.29) is 21.6 Å². The average molecular weight is 471 g/mol. The Balaban J connectivity index is 2.12. The molecule has 0 aliphatic rings. The van der Waals surface area contributed by atoms with Crippen molar-refractivity contribution in [3.05, 3.63) is 58.1 Å². The van der Waals surface area contributed by atoms with Crippen LogP contribution in [0.25, 0.3) is 0 Å². The zero-order valence-electron chi connectivity index (χ0n) is 16.4. The molecular weight excluding hydrogens is 451 g/mol. The summed E-state index contributed by atoms with van der Waals surface area (Å²) < 4.78 is 25.2. The molecular formula is C19H20Cl2N4O4S. The van der Waals surface area contributed by atoms with Crippen LogP contribution < -0.4 is 15.0 Å². The fourth-order valence-electron chi connectivity index (χ4n) is 2.46. The Bertz CT molecular complexity index is 1070. The van der Waals surface area contributed by atoms with Gasteiger partial charge in [-0.15, -0.1) is 0 Å². The number of sulfonamides is 1. The lowest BCUT2D eigenvalue weighted by atomic mass is 10.1. The predicted octanol–water partition coefficient (Wildman–Crippen LogP) is 3.26. The van der Waals surface area contributed by atoms with E-state index in [0.29, 0.717) is 17.0 Å². The van der Waals surface area contributed by atoms with E-state index in [0.717, 1.165) is 10.6 Å². The molecule has 0 unspecified atom stereocenters. The van der Waals surface area contributed by atoms with Gasteiger partial charge in [-0.25, -0.2) is 13.8 Å². The molecule has 0 aliphatic carbocycles. The molecule has 160 valence electrons. The molecule has 2 amide bonds. The first kappa shape index (κ1) is 23.7. The van der Waals surface area contributed by atoms with E-state index >= 15 is 0 Å². The van der Waals surface area contributed by atoms with E-state index in [4.69, 9.17) is 23.2 Å². The molecule has 2 rings (SSSR count). The molecule has 0 atom stereocenters. The fraction of sp³-hybridized carbons (Fsp3) is 0.211. The summed E-state index contributed by atoms with van der Waals surface area (Å²) >= 11 is 11.9. The molecule has 0 aromatic heterocycles. The molecule has 2 N–H and O–H groups in total. The summed E-state index contributed by atoms with van der Waals surface area (Å²) in [4.78, 5) is 23.4. The number of amides is 2. The molecule has 11 heteroatoms. The van der Waals surface area contributed by atoms with Gasteiger partial charge in [-0.3, -0.25) is 13.9 Å². The summed E-state index contributed by atoms with van der Waals surface area (Å²) in [6.07, 6.45) is 0.972. The van der Waals surface area contributed by atoms with Crippen molar-refractivity contribution in [2.75, 3.05) is 22.4 Å². The molecule has 0 fully saturated rings. The van der Waals surface area contributed by atoms with Crippen LogP contribution in [-0.4, -0.2) is 38.7 Å². The summed E-state index contributed by atoms with van der Waals surface area (Å²) in [7, 11) is -3.78. The molecule has 0 heterocycles. The number of carbonyl (C=O) groups is 2. The second-order valence-corrected chi connectivity index (χ2v) is 9.17. The zero-order valence-corrected chi connectivity index (χ0v) is 18.8. The van der Waals surface area contributed by atoms with Crippen LogP contribution in [0.15, 0.2) is 47.6 Å². The molecule has 30 heavy (non-hydrogen) atoms. The van der Waals surface area contributed by atoms with Crippen LogP contribution >= 0.6 is 23.2 Å². The van der Waals surface area contributed by atoms with Gasteiger partial charge in [-0.1, -0.05) is 35.3 Å². The van der Waals surface area contributed by atoms with Crippen molar-refractivity contribution in [3.8, 4) is 0 Å². The van der Waals surface area contributed by atoms with Crippen molar-refractivity contribution in [2.45, 2.75) is 13.8 Å². The van der Waals surface area contributed by atoms with Crippen LogP contribution in [0.4, 0.5) is 11.4 Å². The topological polar surface area (TPSA) is 108 Å². The summed E-state index contributed by atoms with van der Waals surface area (Å²) in [5, 5.41) is 7.13. The van der Waals surface area contributed by atoms with Crippen LogP contribution in [0, 0.1) is 0 Å². The highest BCUT2D eigenvalue weighted by molar-refractivity contribution is 7.92. The van der Waals surface area contributed by atoms with E-state index in [9.17, 15) is 18.0 Å². The Hall–Kier alpha value is -2.62. The second kappa shape index (κ2) is 9.92. The van der Waals surface area contributed by atoms with E-state index in [1.165, 1.54) is 25.1 Å². The minimum Gasteiger partial charge on any atom is -0.326 e. The van der Waals surface area contributed by atoms with Gasteiger partial charge in [-0.05, 0) is 42.8 Å². The van der Waals surface area contributed by atoms with Crippen LogP contribution in [0.2, 0.25) is 10.0 Å². The molecule has 8 nitrogen and oxygen atoms in total. The standard InChI is InChI=1S/C19H20Cl2N4O4S/c1-12(14-4-6-17(7-5-14)22-13(2)26)23-24-19(27)11-25(30(3,28)29)18-9-15(20)8-16(21)10-18/h4-10H,11H2,1-3H3,(H,22,26)(H,24,27)/b23-12-. The maximum atomic E-state index is 12.3. The third kappa shape index (κ3) is 7.01. The summed E-state index contributed by atoms with van der Waals surface area (Å²) in [6, 6.07) is 11.1. The maximum Gasteiger partial charge on any atom is 0.260 e. The van der Waals surface area contributed by atoms with Crippen molar-refractivity contribution in [1.29, 1.82) is 0 Å². The minimum atomic E-state index is -3.78. The summed E-state index contributed by atoms with van der Waals surface area (Å²) in [5.74, 6) is -0.831. The zero-order chi connectivity index (χ0) is 22.5. The van der Waals surface area contributed by atoms with Gasteiger partial charge in [0.15, 0.2) is 0 Å². The van der Waals surface area contributed by atoms with Crippen LogP contribution in [-0.2, 0) is 19.6 Å². The van der Waals surface area contributed by atoms with Crippen molar-refractivity contribution < 1.29 is 18.0 Å². The largest absolute Gasteiger partial charge is 0.326 e.